The summed E-state index contributed by atoms with van der Waals surface area (Å²) in [5.41, 5.74) is 1.33. The molecule has 1 aliphatic heterocycles. The van der Waals surface area contributed by atoms with Gasteiger partial charge in [0, 0.05) is 32.2 Å². The lowest BCUT2D eigenvalue weighted by atomic mass is 10.0. The van der Waals surface area contributed by atoms with Gasteiger partial charge in [-0.05, 0) is 35.1 Å². The molecule has 0 unspecified atom stereocenters. The van der Waals surface area contributed by atoms with Crippen molar-refractivity contribution in [3.8, 4) is 10.6 Å². The monoisotopic (exact) mass is 445 g/mol. The Bertz CT molecular complexity index is 1110. The number of hydrogen-bond donors (Lipinski definition) is 0. The van der Waals surface area contributed by atoms with Crippen LogP contribution in [-0.2, 0) is 10.0 Å². The highest BCUT2D eigenvalue weighted by molar-refractivity contribution is 7.89. The van der Waals surface area contributed by atoms with Crippen molar-refractivity contribution >= 4 is 27.3 Å². The number of benzene rings is 1. The Balaban J connectivity index is 1.41. The summed E-state index contributed by atoms with van der Waals surface area (Å²) in [6.45, 7) is 5.24. The molecule has 158 valence electrons. The number of nitrogens with zero attached hydrogens (tertiary/aromatic N) is 3. The van der Waals surface area contributed by atoms with Gasteiger partial charge in [0.15, 0.2) is 11.5 Å². The predicted molar refractivity (Wildman–Crippen MR) is 115 cm³/mol. The minimum Gasteiger partial charge on any atom is -0.355 e. The fraction of sp³-hybridized carbons (Fsp3) is 0.333. The van der Waals surface area contributed by atoms with Crippen molar-refractivity contribution in [2.24, 2.45) is 0 Å². The molecule has 0 atom stereocenters. The van der Waals surface area contributed by atoms with Crippen LogP contribution in [0.4, 0.5) is 0 Å². The molecule has 1 amide bonds. The van der Waals surface area contributed by atoms with Crippen LogP contribution in [-0.4, -0.2) is 54.9 Å². The summed E-state index contributed by atoms with van der Waals surface area (Å²) >= 11 is 1.51. The van der Waals surface area contributed by atoms with Gasteiger partial charge in [-0.15, -0.1) is 11.3 Å². The number of rotatable bonds is 5. The van der Waals surface area contributed by atoms with Crippen LogP contribution in [0.5, 0.6) is 0 Å². The number of thiophene rings is 1. The summed E-state index contributed by atoms with van der Waals surface area (Å²) in [4.78, 5) is 15.5. The zero-order valence-corrected chi connectivity index (χ0v) is 18.4. The minimum atomic E-state index is -3.58. The molecule has 1 fully saturated rings. The van der Waals surface area contributed by atoms with E-state index in [1.807, 2.05) is 29.6 Å². The van der Waals surface area contributed by atoms with E-state index in [4.69, 9.17) is 4.52 Å². The summed E-state index contributed by atoms with van der Waals surface area (Å²) in [7, 11) is -3.58. The third kappa shape index (κ3) is 4.05. The maximum absolute atomic E-state index is 12.9. The van der Waals surface area contributed by atoms with E-state index in [2.05, 4.69) is 19.0 Å². The number of hydrogen-bond acceptors (Lipinski definition) is 6. The molecule has 7 nitrogen and oxygen atoms in total. The first-order valence-corrected chi connectivity index (χ1v) is 12.1. The third-order valence-electron chi connectivity index (χ3n) is 5.20. The molecule has 4 rings (SSSR count). The van der Waals surface area contributed by atoms with Crippen LogP contribution in [0, 0.1) is 0 Å². The molecule has 3 aromatic rings. The zero-order valence-electron chi connectivity index (χ0n) is 16.8. The van der Waals surface area contributed by atoms with Crippen LogP contribution >= 0.6 is 11.3 Å². The number of piperazine rings is 1. The molecule has 0 aliphatic carbocycles. The Morgan fingerprint density at radius 2 is 1.80 bits per heavy atom. The van der Waals surface area contributed by atoms with Gasteiger partial charge in [0.05, 0.1) is 9.77 Å². The van der Waals surface area contributed by atoms with Crippen molar-refractivity contribution in [2.75, 3.05) is 26.2 Å². The first-order chi connectivity index (χ1) is 14.4. The van der Waals surface area contributed by atoms with Crippen LogP contribution in [0.25, 0.3) is 10.6 Å². The summed E-state index contributed by atoms with van der Waals surface area (Å²) in [6, 6.07) is 12.5. The summed E-state index contributed by atoms with van der Waals surface area (Å²) in [6.07, 6.45) is 0. The quantitative estimate of drug-likeness (QED) is 0.598. The van der Waals surface area contributed by atoms with Gasteiger partial charge in [0.25, 0.3) is 5.91 Å². The smallest absolute Gasteiger partial charge is 0.276 e. The molecule has 0 saturated carbocycles. The molecule has 0 N–H and O–H groups in total. The topological polar surface area (TPSA) is 83.7 Å². The van der Waals surface area contributed by atoms with Crippen molar-refractivity contribution in [3.63, 3.8) is 0 Å². The Labute approximate surface area is 180 Å². The van der Waals surface area contributed by atoms with Crippen LogP contribution in [0.3, 0.4) is 0 Å². The summed E-state index contributed by atoms with van der Waals surface area (Å²) in [5, 5.41) is 5.82. The van der Waals surface area contributed by atoms with E-state index >= 15 is 0 Å². The normalized spacial score (nSPS) is 15.6. The maximum atomic E-state index is 12.9. The van der Waals surface area contributed by atoms with Crippen LogP contribution in [0.15, 0.2) is 57.3 Å². The molecule has 3 heterocycles. The first kappa shape index (κ1) is 20.8. The average Bonchev–Trinajstić information content (AvgIpc) is 3.45. The Morgan fingerprint density at radius 1 is 1.10 bits per heavy atom. The lowest BCUT2D eigenvalue weighted by molar-refractivity contribution is 0.0687. The van der Waals surface area contributed by atoms with Gasteiger partial charge in [-0.3, -0.25) is 4.79 Å². The number of carbonyl (C=O) groups is 1. The van der Waals surface area contributed by atoms with Gasteiger partial charge in [0.1, 0.15) is 0 Å². The van der Waals surface area contributed by atoms with Crippen molar-refractivity contribution in [1.82, 2.24) is 14.4 Å². The lowest BCUT2D eigenvalue weighted by Crippen LogP contribution is -2.50. The second kappa shape index (κ2) is 8.33. The fourth-order valence-corrected chi connectivity index (χ4v) is 5.47. The van der Waals surface area contributed by atoms with E-state index < -0.39 is 10.0 Å². The first-order valence-electron chi connectivity index (χ1n) is 9.76. The molecular formula is C21H23N3O4S2. The predicted octanol–water partition coefficient (Wildman–Crippen LogP) is 3.67. The molecular weight excluding hydrogens is 422 g/mol. The number of carbonyl (C=O) groups excluding carboxylic acids is 1. The highest BCUT2D eigenvalue weighted by atomic mass is 32.2. The van der Waals surface area contributed by atoms with Crippen LogP contribution < -0.4 is 0 Å². The highest BCUT2D eigenvalue weighted by Crippen LogP contribution is 2.26. The van der Waals surface area contributed by atoms with E-state index in [1.54, 1.807) is 23.1 Å². The van der Waals surface area contributed by atoms with Crippen molar-refractivity contribution in [3.05, 3.63) is 59.1 Å². The molecule has 1 aromatic carbocycles. The maximum Gasteiger partial charge on any atom is 0.276 e. The Morgan fingerprint density at radius 3 is 2.40 bits per heavy atom. The molecule has 1 saturated heterocycles. The van der Waals surface area contributed by atoms with Gasteiger partial charge < -0.3 is 9.42 Å². The van der Waals surface area contributed by atoms with Gasteiger partial charge >= 0.3 is 0 Å². The number of aromatic nitrogens is 1. The van der Waals surface area contributed by atoms with Gasteiger partial charge in [-0.2, -0.15) is 4.31 Å². The Kier molecular flexibility index (Phi) is 5.77. The molecule has 0 bridgehead atoms. The molecule has 2 aromatic heterocycles. The summed E-state index contributed by atoms with van der Waals surface area (Å²) in [5.74, 6) is 0.646. The van der Waals surface area contributed by atoms with E-state index in [-0.39, 0.29) is 29.6 Å². The third-order valence-corrected chi connectivity index (χ3v) is 8.00. The van der Waals surface area contributed by atoms with E-state index in [0.29, 0.717) is 24.8 Å². The highest BCUT2D eigenvalue weighted by Gasteiger charge is 2.31. The van der Waals surface area contributed by atoms with Crippen molar-refractivity contribution in [2.45, 2.75) is 24.7 Å². The minimum absolute atomic E-state index is 0.235. The van der Waals surface area contributed by atoms with E-state index in [0.717, 1.165) is 10.4 Å². The standard InChI is InChI=1S/C21H23N3O4S2/c1-15(2)16-5-7-17(8-6-16)30(26,27)24-11-9-23(10-12-24)21(25)18-14-19(28-22-18)20-4-3-13-29-20/h3-8,13-15H,9-12H2,1-2H3. The number of sulfonamides is 1. The molecule has 0 spiro atoms. The second-order valence-electron chi connectivity index (χ2n) is 7.47. The molecule has 30 heavy (non-hydrogen) atoms. The summed E-state index contributed by atoms with van der Waals surface area (Å²) < 4.78 is 32.6. The van der Waals surface area contributed by atoms with Crippen LogP contribution in [0.2, 0.25) is 0 Å². The molecule has 0 radical (unpaired) electrons. The fourth-order valence-electron chi connectivity index (χ4n) is 3.38. The van der Waals surface area contributed by atoms with Gasteiger partial charge in [-0.1, -0.05) is 37.2 Å². The lowest BCUT2D eigenvalue weighted by Gasteiger charge is -2.33. The average molecular weight is 446 g/mol. The van der Waals surface area contributed by atoms with Gasteiger partial charge in [0.2, 0.25) is 10.0 Å². The SMILES string of the molecule is CC(C)c1ccc(S(=O)(=O)N2CCN(C(=O)c3cc(-c4cccs4)on3)CC2)cc1. The van der Waals surface area contributed by atoms with E-state index in [9.17, 15) is 13.2 Å². The largest absolute Gasteiger partial charge is 0.355 e. The van der Waals surface area contributed by atoms with Gasteiger partial charge in [-0.25, -0.2) is 8.42 Å². The molecule has 1 aliphatic rings. The zero-order chi connectivity index (χ0) is 21.3. The van der Waals surface area contributed by atoms with Crippen molar-refractivity contribution < 1.29 is 17.7 Å². The van der Waals surface area contributed by atoms with Crippen LogP contribution in [0.1, 0.15) is 35.8 Å². The van der Waals surface area contributed by atoms with Crippen molar-refractivity contribution in [1.29, 1.82) is 0 Å². The van der Waals surface area contributed by atoms with E-state index in [1.165, 1.54) is 15.6 Å². The number of amides is 1. The Hall–Kier alpha value is -2.49. The second-order valence-corrected chi connectivity index (χ2v) is 10.4. The molecule has 9 heteroatoms.